The third-order valence-corrected chi connectivity index (χ3v) is 3.27. The Morgan fingerprint density at radius 1 is 1.33 bits per heavy atom. The molecule has 2 nitrogen and oxygen atoms in total. The van der Waals surface area contributed by atoms with E-state index >= 15 is 0 Å². The Morgan fingerprint density at radius 2 is 2.17 bits per heavy atom. The van der Waals surface area contributed by atoms with Crippen LogP contribution in [0.15, 0.2) is 18.2 Å². The zero-order chi connectivity index (χ0) is 12.8. The second-order valence-corrected chi connectivity index (χ2v) is 4.66. The van der Waals surface area contributed by atoms with Gasteiger partial charge in [-0.25, -0.2) is 0 Å². The van der Waals surface area contributed by atoms with E-state index < -0.39 is 0 Å². The molecule has 1 aromatic rings. The average molecular weight is 243 g/mol. The molecule has 0 amide bonds. The monoisotopic (exact) mass is 243 g/mol. The molecule has 1 N–H and O–H groups in total. The van der Waals surface area contributed by atoms with Crippen molar-refractivity contribution in [3.05, 3.63) is 34.9 Å². The van der Waals surface area contributed by atoms with Crippen molar-refractivity contribution in [2.45, 2.75) is 45.9 Å². The summed E-state index contributed by atoms with van der Waals surface area (Å²) >= 11 is 0. The molecule has 0 spiro atoms. The number of hydrogen-bond acceptors (Lipinski definition) is 2. The maximum Gasteiger partial charge on any atom is 0.0725 e. The van der Waals surface area contributed by atoms with E-state index in [1.165, 1.54) is 16.7 Å². The molecule has 1 atom stereocenters. The first-order valence-electron chi connectivity index (χ1n) is 6.67. The van der Waals surface area contributed by atoms with Crippen molar-refractivity contribution < 1.29 is 4.74 Å². The molecular formula is C16H21NO. The van der Waals surface area contributed by atoms with Crippen LogP contribution in [0.3, 0.4) is 0 Å². The van der Waals surface area contributed by atoms with E-state index in [1.807, 2.05) is 6.92 Å². The molecule has 96 valence electrons. The average Bonchev–Trinajstić information content (AvgIpc) is 2.86. The smallest absolute Gasteiger partial charge is 0.0725 e. The normalized spacial score (nSPS) is 14.8. The Balaban J connectivity index is 2.14. The van der Waals surface area contributed by atoms with Crippen LogP contribution in [0.1, 0.15) is 49.4 Å². The molecule has 1 aliphatic rings. The van der Waals surface area contributed by atoms with Crippen LogP contribution in [0.4, 0.5) is 0 Å². The van der Waals surface area contributed by atoms with Crippen molar-refractivity contribution in [3.63, 3.8) is 0 Å². The van der Waals surface area contributed by atoms with Crippen molar-refractivity contribution in [1.82, 2.24) is 5.32 Å². The van der Waals surface area contributed by atoms with E-state index in [1.54, 1.807) is 0 Å². The van der Waals surface area contributed by atoms with Gasteiger partial charge in [0.15, 0.2) is 0 Å². The third kappa shape index (κ3) is 3.13. The van der Waals surface area contributed by atoms with Gasteiger partial charge in [-0.1, -0.05) is 25.1 Å². The first-order chi connectivity index (χ1) is 8.85. The summed E-state index contributed by atoms with van der Waals surface area (Å²) in [5.74, 6) is 6.16. The van der Waals surface area contributed by atoms with E-state index in [4.69, 9.17) is 4.74 Å². The second-order valence-electron chi connectivity index (χ2n) is 4.66. The lowest BCUT2D eigenvalue weighted by atomic mass is 9.99. The van der Waals surface area contributed by atoms with Gasteiger partial charge in [0.2, 0.25) is 0 Å². The maximum absolute atomic E-state index is 5.46. The Morgan fingerprint density at radius 3 is 2.94 bits per heavy atom. The predicted octanol–water partition coefficient (Wildman–Crippen LogP) is 3.17. The fraction of sp³-hybridized carbons (Fsp3) is 0.500. The Kier molecular flexibility index (Phi) is 4.81. The molecule has 0 aliphatic carbocycles. The summed E-state index contributed by atoms with van der Waals surface area (Å²) in [5.41, 5.74) is 3.99. The van der Waals surface area contributed by atoms with Crippen LogP contribution in [0.25, 0.3) is 0 Å². The summed E-state index contributed by atoms with van der Waals surface area (Å²) in [5, 5.41) is 3.57. The maximum atomic E-state index is 5.46. The van der Waals surface area contributed by atoms with Crippen molar-refractivity contribution in [2.24, 2.45) is 0 Å². The molecule has 2 rings (SSSR count). The Bertz CT molecular complexity index is 456. The number of rotatable bonds is 5. The SMILES string of the molecule is CC#CCC(NCCC)c1ccc2c(c1)COC2. The minimum atomic E-state index is 0.336. The van der Waals surface area contributed by atoms with Crippen LogP contribution in [0.2, 0.25) is 0 Å². The quantitative estimate of drug-likeness (QED) is 0.802. The molecule has 1 aliphatic heterocycles. The molecule has 1 unspecified atom stereocenters. The second kappa shape index (κ2) is 6.58. The fourth-order valence-corrected chi connectivity index (χ4v) is 2.24. The van der Waals surface area contributed by atoms with Crippen LogP contribution < -0.4 is 5.32 Å². The van der Waals surface area contributed by atoms with E-state index in [0.717, 1.165) is 32.6 Å². The van der Waals surface area contributed by atoms with Crippen molar-refractivity contribution in [3.8, 4) is 11.8 Å². The highest BCUT2D eigenvalue weighted by atomic mass is 16.5. The highest BCUT2D eigenvalue weighted by Crippen LogP contribution is 2.25. The van der Waals surface area contributed by atoms with Crippen molar-refractivity contribution >= 4 is 0 Å². The largest absolute Gasteiger partial charge is 0.372 e. The summed E-state index contributed by atoms with van der Waals surface area (Å²) in [7, 11) is 0. The predicted molar refractivity (Wildman–Crippen MR) is 74.0 cm³/mol. The van der Waals surface area contributed by atoms with Gasteiger partial charge in [-0.2, -0.15) is 0 Å². The molecular weight excluding hydrogens is 222 g/mol. The van der Waals surface area contributed by atoms with Crippen LogP contribution in [-0.4, -0.2) is 6.54 Å². The molecule has 1 aromatic carbocycles. The van der Waals surface area contributed by atoms with Gasteiger partial charge in [-0.3, -0.25) is 0 Å². The van der Waals surface area contributed by atoms with Crippen molar-refractivity contribution in [1.29, 1.82) is 0 Å². The van der Waals surface area contributed by atoms with E-state index in [-0.39, 0.29) is 0 Å². The van der Waals surface area contributed by atoms with Gasteiger partial charge >= 0.3 is 0 Å². The Labute approximate surface area is 110 Å². The first-order valence-corrected chi connectivity index (χ1v) is 6.67. The molecule has 0 saturated heterocycles. The van der Waals surface area contributed by atoms with E-state index in [0.29, 0.717) is 6.04 Å². The zero-order valence-corrected chi connectivity index (χ0v) is 11.3. The molecule has 18 heavy (non-hydrogen) atoms. The van der Waals surface area contributed by atoms with Crippen LogP contribution in [-0.2, 0) is 18.0 Å². The first kappa shape index (κ1) is 13.1. The molecule has 0 bridgehead atoms. The van der Waals surface area contributed by atoms with Gasteiger partial charge in [0, 0.05) is 12.5 Å². The molecule has 0 aromatic heterocycles. The summed E-state index contributed by atoms with van der Waals surface area (Å²) in [6.45, 7) is 6.63. The lowest BCUT2D eigenvalue weighted by Crippen LogP contribution is -2.21. The van der Waals surface area contributed by atoms with Gasteiger partial charge in [0.05, 0.1) is 13.2 Å². The molecule has 0 saturated carbocycles. The number of hydrogen-bond donors (Lipinski definition) is 1. The zero-order valence-electron chi connectivity index (χ0n) is 11.3. The highest BCUT2D eigenvalue weighted by molar-refractivity contribution is 5.35. The summed E-state index contributed by atoms with van der Waals surface area (Å²) < 4.78 is 5.46. The summed E-state index contributed by atoms with van der Waals surface area (Å²) in [4.78, 5) is 0. The third-order valence-electron chi connectivity index (χ3n) is 3.27. The van der Waals surface area contributed by atoms with Crippen LogP contribution in [0, 0.1) is 11.8 Å². The van der Waals surface area contributed by atoms with Gasteiger partial charge in [-0.15, -0.1) is 11.8 Å². The number of benzene rings is 1. The van der Waals surface area contributed by atoms with Gasteiger partial charge in [0.25, 0.3) is 0 Å². The number of nitrogens with one attached hydrogen (secondary N) is 1. The summed E-state index contributed by atoms with van der Waals surface area (Å²) in [6.07, 6.45) is 2.01. The van der Waals surface area contributed by atoms with E-state index in [9.17, 15) is 0 Å². The molecule has 0 radical (unpaired) electrons. The van der Waals surface area contributed by atoms with Crippen molar-refractivity contribution in [2.75, 3.05) is 6.54 Å². The van der Waals surface area contributed by atoms with Gasteiger partial charge < -0.3 is 10.1 Å². The Hall–Kier alpha value is -1.30. The summed E-state index contributed by atoms with van der Waals surface area (Å²) in [6, 6.07) is 7.01. The van der Waals surface area contributed by atoms with E-state index in [2.05, 4.69) is 42.3 Å². The molecule has 1 heterocycles. The topological polar surface area (TPSA) is 21.3 Å². The fourth-order valence-electron chi connectivity index (χ4n) is 2.24. The minimum Gasteiger partial charge on any atom is -0.372 e. The van der Waals surface area contributed by atoms with Crippen LogP contribution >= 0.6 is 0 Å². The lowest BCUT2D eigenvalue weighted by molar-refractivity contribution is 0.134. The number of ether oxygens (including phenoxy) is 1. The number of fused-ring (bicyclic) bond motifs is 1. The van der Waals surface area contributed by atoms with Gasteiger partial charge in [0.1, 0.15) is 0 Å². The standard InChI is InChI=1S/C16H21NO/c1-3-5-6-16(17-9-4-2)13-7-8-14-11-18-12-15(14)10-13/h7-8,10,16-17H,4,6,9,11-12H2,1-2H3. The molecule has 2 heteroatoms. The minimum absolute atomic E-state index is 0.336. The lowest BCUT2D eigenvalue weighted by Gasteiger charge is -2.17. The van der Waals surface area contributed by atoms with Gasteiger partial charge in [-0.05, 0) is 36.6 Å². The highest BCUT2D eigenvalue weighted by Gasteiger charge is 2.15. The van der Waals surface area contributed by atoms with Crippen LogP contribution in [0.5, 0.6) is 0 Å². The molecule has 0 fully saturated rings.